The number of ether oxygens (including phenoxy) is 2. The highest BCUT2D eigenvalue weighted by molar-refractivity contribution is 5.79. The molecular weight excluding hydrogens is 388 g/mol. The minimum Gasteiger partial charge on any atom is -0.494 e. The zero-order chi connectivity index (χ0) is 21.7. The van der Waals surface area contributed by atoms with E-state index in [9.17, 15) is 0 Å². The standard InChI is InChI=1S/C25H36N4O2/c1-3-14-31-24-11-7-8-21(17-24)18-27-25(26-4-2)28-19-22-9-5-6-10-23(22)20-29-12-15-30-16-13-29/h5-11,17H,3-4,12-16,18-20H2,1-2H3,(H2,26,27,28). The molecule has 0 atom stereocenters. The van der Waals surface area contributed by atoms with Gasteiger partial charge in [0.15, 0.2) is 5.96 Å². The first kappa shape index (κ1) is 23.1. The molecule has 0 aromatic heterocycles. The molecule has 1 saturated heterocycles. The molecule has 0 aliphatic carbocycles. The van der Waals surface area contributed by atoms with Crippen LogP contribution in [0.4, 0.5) is 0 Å². The summed E-state index contributed by atoms with van der Waals surface area (Å²) in [6, 6.07) is 16.8. The van der Waals surface area contributed by atoms with Crippen molar-refractivity contribution in [3.05, 3.63) is 65.2 Å². The van der Waals surface area contributed by atoms with Crippen molar-refractivity contribution in [2.24, 2.45) is 4.99 Å². The molecule has 6 nitrogen and oxygen atoms in total. The Labute approximate surface area is 186 Å². The molecule has 2 N–H and O–H groups in total. The van der Waals surface area contributed by atoms with E-state index in [2.05, 4.69) is 65.8 Å². The fourth-order valence-electron chi connectivity index (χ4n) is 3.53. The summed E-state index contributed by atoms with van der Waals surface area (Å²) in [5.41, 5.74) is 3.79. The maximum absolute atomic E-state index is 5.74. The monoisotopic (exact) mass is 424 g/mol. The van der Waals surface area contributed by atoms with E-state index in [-0.39, 0.29) is 0 Å². The lowest BCUT2D eigenvalue weighted by Gasteiger charge is -2.27. The van der Waals surface area contributed by atoms with Crippen molar-refractivity contribution in [1.29, 1.82) is 0 Å². The Morgan fingerprint density at radius 3 is 2.61 bits per heavy atom. The van der Waals surface area contributed by atoms with Gasteiger partial charge in [0.25, 0.3) is 0 Å². The molecule has 6 heteroatoms. The third-order valence-corrected chi connectivity index (χ3v) is 5.20. The average Bonchev–Trinajstić information content (AvgIpc) is 2.81. The van der Waals surface area contributed by atoms with Crippen LogP contribution in [0, 0.1) is 0 Å². The van der Waals surface area contributed by atoms with Gasteiger partial charge in [-0.2, -0.15) is 0 Å². The fraction of sp³-hybridized carbons (Fsp3) is 0.480. The molecule has 1 heterocycles. The molecule has 0 radical (unpaired) electrons. The van der Waals surface area contributed by atoms with E-state index in [1.165, 1.54) is 11.1 Å². The van der Waals surface area contributed by atoms with Crippen LogP contribution in [0.1, 0.15) is 37.0 Å². The number of morpholine rings is 1. The summed E-state index contributed by atoms with van der Waals surface area (Å²) in [5.74, 6) is 1.73. The number of rotatable bonds is 10. The predicted molar refractivity (Wildman–Crippen MR) is 126 cm³/mol. The van der Waals surface area contributed by atoms with Gasteiger partial charge in [-0.25, -0.2) is 4.99 Å². The second kappa shape index (κ2) is 13.0. The Morgan fingerprint density at radius 1 is 1.03 bits per heavy atom. The van der Waals surface area contributed by atoms with Crippen LogP contribution >= 0.6 is 0 Å². The van der Waals surface area contributed by atoms with Gasteiger partial charge in [0, 0.05) is 32.7 Å². The first-order valence-electron chi connectivity index (χ1n) is 11.4. The summed E-state index contributed by atoms with van der Waals surface area (Å²) >= 11 is 0. The minimum absolute atomic E-state index is 0.605. The van der Waals surface area contributed by atoms with E-state index >= 15 is 0 Å². The quantitative estimate of drug-likeness (QED) is 0.451. The number of hydrogen-bond donors (Lipinski definition) is 2. The molecule has 0 saturated carbocycles. The van der Waals surface area contributed by atoms with Gasteiger partial charge in [-0.3, -0.25) is 4.90 Å². The molecule has 0 unspecified atom stereocenters. The lowest BCUT2D eigenvalue weighted by atomic mass is 10.1. The van der Waals surface area contributed by atoms with Crippen molar-refractivity contribution in [3.63, 3.8) is 0 Å². The molecule has 2 aromatic rings. The van der Waals surface area contributed by atoms with Crippen molar-refractivity contribution in [2.75, 3.05) is 39.5 Å². The normalized spacial score (nSPS) is 15.0. The van der Waals surface area contributed by atoms with Gasteiger partial charge in [-0.15, -0.1) is 0 Å². The molecule has 31 heavy (non-hydrogen) atoms. The van der Waals surface area contributed by atoms with Crippen molar-refractivity contribution < 1.29 is 9.47 Å². The van der Waals surface area contributed by atoms with E-state index in [0.717, 1.165) is 76.2 Å². The lowest BCUT2D eigenvalue weighted by molar-refractivity contribution is 0.0341. The third-order valence-electron chi connectivity index (χ3n) is 5.20. The number of hydrogen-bond acceptors (Lipinski definition) is 4. The number of aliphatic imine (C=N–C) groups is 1. The van der Waals surface area contributed by atoms with Crippen molar-refractivity contribution in [2.45, 2.75) is 39.9 Å². The van der Waals surface area contributed by atoms with Gasteiger partial charge in [0.2, 0.25) is 0 Å². The summed E-state index contributed by atoms with van der Waals surface area (Å²) in [6.45, 7) is 11.7. The van der Waals surface area contributed by atoms with Crippen LogP contribution in [-0.4, -0.2) is 50.3 Å². The Morgan fingerprint density at radius 2 is 1.84 bits per heavy atom. The van der Waals surface area contributed by atoms with Crippen LogP contribution in [0.25, 0.3) is 0 Å². The SMILES string of the molecule is CCCOc1cccc(CN=C(NCC)NCc2ccccc2CN2CCOCC2)c1. The Hall–Kier alpha value is -2.57. The first-order valence-corrected chi connectivity index (χ1v) is 11.4. The molecule has 168 valence electrons. The van der Waals surface area contributed by atoms with E-state index in [4.69, 9.17) is 14.5 Å². The van der Waals surface area contributed by atoms with Crippen LogP contribution < -0.4 is 15.4 Å². The molecular formula is C25H36N4O2. The van der Waals surface area contributed by atoms with E-state index in [0.29, 0.717) is 6.54 Å². The summed E-state index contributed by atoms with van der Waals surface area (Å²) in [5, 5.41) is 6.85. The second-order valence-electron chi connectivity index (χ2n) is 7.70. The van der Waals surface area contributed by atoms with Crippen molar-refractivity contribution in [1.82, 2.24) is 15.5 Å². The van der Waals surface area contributed by atoms with Crippen LogP contribution in [0.2, 0.25) is 0 Å². The molecule has 1 aliphatic rings. The first-order chi connectivity index (χ1) is 15.3. The summed E-state index contributed by atoms with van der Waals surface area (Å²) < 4.78 is 11.2. The predicted octanol–water partition coefficient (Wildman–Crippen LogP) is 3.56. The van der Waals surface area contributed by atoms with Gasteiger partial charge in [0.1, 0.15) is 5.75 Å². The third kappa shape index (κ3) is 7.89. The largest absolute Gasteiger partial charge is 0.494 e. The van der Waals surface area contributed by atoms with E-state index in [1.807, 2.05) is 12.1 Å². The lowest BCUT2D eigenvalue weighted by Crippen LogP contribution is -2.38. The van der Waals surface area contributed by atoms with Crippen LogP contribution in [0.5, 0.6) is 5.75 Å². The molecule has 0 spiro atoms. The Balaban J connectivity index is 1.60. The molecule has 3 rings (SSSR count). The van der Waals surface area contributed by atoms with Crippen LogP contribution in [-0.2, 0) is 24.4 Å². The second-order valence-corrected chi connectivity index (χ2v) is 7.70. The highest BCUT2D eigenvalue weighted by atomic mass is 16.5. The maximum atomic E-state index is 5.74. The summed E-state index contributed by atoms with van der Waals surface area (Å²) in [6.07, 6.45) is 1.00. The van der Waals surface area contributed by atoms with Crippen LogP contribution in [0.15, 0.2) is 53.5 Å². The average molecular weight is 425 g/mol. The minimum atomic E-state index is 0.605. The summed E-state index contributed by atoms with van der Waals surface area (Å²) in [4.78, 5) is 7.23. The highest BCUT2D eigenvalue weighted by Gasteiger charge is 2.12. The number of guanidine groups is 1. The molecule has 2 aromatic carbocycles. The fourth-order valence-corrected chi connectivity index (χ4v) is 3.53. The van der Waals surface area contributed by atoms with Gasteiger partial charge >= 0.3 is 0 Å². The number of nitrogens with one attached hydrogen (secondary N) is 2. The summed E-state index contributed by atoms with van der Waals surface area (Å²) in [7, 11) is 0. The smallest absolute Gasteiger partial charge is 0.191 e. The maximum Gasteiger partial charge on any atom is 0.191 e. The zero-order valence-corrected chi connectivity index (χ0v) is 18.9. The van der Waals surface area contributed by atoms with E-state index < -0.39 is 0 Å². The highest BCUT2D eigenvalue weighted by Crippen LogP contribution is 2.15. The molecule has 1 aliphatic heterocycles. The van der Waals surface area contributed by atoms with Crippen LogP contribution in [0.3, 0.4) is 0 Å². The molecule has 1 fully saturated rings. The van der Waals surface area contributed by atoms with Gasteiger partial charge in [-0.05, 0) is 42.2 Å². The van der Waals surface area contributed by atoms with Gasteiger partial charge < -0.3 is 20.1 Å². The Bertz CT molecular complexity index is 819. The van der Waals surface area contributed by atoms with Crippen molar-refractivity contribution in [3.8, 4) is 5.75 Å². The number of nitrogens with zero attached hydrogens (tertiary/aromatic N) is 2. The van der Waals surface area contributed by atoms with Gasteiger partial charge in [0.05, 0.1) is 26.4 Å². The van der Waals surface area contributed by atoms with Gasteiger partial charge in [-0.1, -0.05) is 43.3 Å². The molecule has 0 amide bonds. The van der Waals surface area contributed by atoms with E-state index in [1.54, 1.807) is 0 Å². The topological polar surface area (TPSA) is 58.1 Å². The van der Waals surface area contributed by atoms with Crippen molar-refractivity contribution >= 4 is 5.96 Å². The molecule has 0 bridgehead atoms. The Kier molecular flexibility index (Phi) is 9.67. The number of benzene rings is 2. The zero-order valence-electron chi connectivity index (χ0n) is 18.9.